The molecular formula is C61H40FN3. The van der Waals surface area contributed by atoms with E-state index in [0.29, 0.717) is 0 Å². The first kappa shape index (κ1) is 37.1. The Kier molecular flexibility index (Phi) is 8.31. The highest BCUT2D eigenvalue weighted by Crippen LogP contribution is 2.57. The van der Waals surface area contributed by atoms with Gasteiger partial charge in [-0.15, -0.1) is 0 Å². The first-order chi connectivity index (χ1) is 32.2. The van der Waals surface area contributed by atoms with Gasteiger partial charge in [-0.05, 0) is 124 Å². The summed E-state index contributed by atoms with van der Waals surface area (Å²) >= 11 is 0. The summed E-state index contributed by atoms with van der Waals surface area (Å²) in [4.78, 5) is 2.42. The van der Waals surface area contributed by atoms with Crippen LogP contribution in [-0.4, -0.2) is 9.13 Å². The number of anilines is 3. The lowest BCUT2D eigenvalue weighted by Crippen LogP contribution is -2.28. The van der Waals surface area contributed by atoms with Crippen molar-refractivity contribution in [2.75, 3.05) is 4.90 Å². The van der Waals surface area contributed by atoms with Crippen LogP contribution in [0.25, 0.3) is 66.1 Å². The van der Waals surface area contributed by atoms with E-state index in [1.54, 1.807) is 12.1 Å². The summed E-state index contributed by atoms with van der Waals surface area (Å²) < 4.78 is 19.1. The molecule has 2 aromatic heterocycles. The van der Waals surface area contributed by atoms with E-state index in [2.05, 4.69) is 232 Å². The van der Waals surface area contributed by atoms with Gasteiger partial charge >= 0.3 is 0 Å². The Morgan fingerprint density at radius 2 is 0.800 bits per heavy atom. The normalized spacial score (nSPS) is 12.8. The molecule has 10 aromatic carbocycles. The Morgan fingerprint density at radius 3 is 1.51 bits per heavy atom. The number of para-hydroxylation sites is 3. The molecule has 0 atom stereocenters. The van der Waals surface area contributed by atoms with E-state index in [-0.39, 0.29) is 5.82 Å². The molecule has 4 heteroatoms. The van der Waals surface area contributed by atoms with E-state index >= 15 is 0 Å². The molecule has 0 amide bonds. The minimum Gasteiger partial charge on any atom is -0.310 e. The molecule has 0 spiro atoms. The SMILES string of the molecule is Fc1ccc(-n2c3ccccc3c3ccc(N(c4ccc5c(c4)C(c4ccccc4)(c4ccccc4)c4ccccc4-5)c4ccc5c(c4)c4ccccc4n5-c4ccccc4)cc32)cc1. The lowest BCUT2D eigenvalue weighted by molar-refractivity contribution is 0.627. The van der Waals surface area contributed by atoms with Crippen LogP contribution >= 0.6 is 0 Å². The predicted molar refractivity (Wildman–Crippen MR) is 267 cm³/mol. The van der Waals surface area contributed by atoms with Crippen molar-refractivity contribution in [3.63, 3.8) is 0 Å². The highest BCUT2D eigenvalue weighted by molar-refractivity contribution is 6.12. The number of aromatic nitrogens is 2. The summed E-state index contributed by atoms with van der Waals surface area (Å²) in [5.41, 5.74) is 16.4. The van der Waals surface area contributed by atoms with Crippen LogP contribution in [0, 0.1) is 5.82 Å². The second kappa shape index (κ2) is 14.5. The Bertz CT molecular complexity index is 3730. The third-order valence-corrected chi connectivity index (χ3v) is 13.6. The Balaban J connectivity index is 1.11. The second-order valence-corrected chi connectivity index (χ2v) is 17.0. The summed E-state index contributed by atoms with van der Waals surface area (Å²) in [6.07, 6.45) is 0. The van der Waals surface area contributed by atoms with Crippen molar-refractivity contribution in [2.45, 2.75) is 5.41 Å². The van der Waals surface area contributed by atoms with Crippen LogP contribution in [0.4, 0.5) is 21.5 Å². The highest BCUT2D eigenvalue weighted by atomic mass is 19.1. The zero-order valence-corrected chi connectivity index (χ0v) is 35.3. The fourth-order valence-corrected chi connectivity index (χ4v) is 10.9. The van der Waals surface area contributed by atoms with Gasteiger partial charge in [0.05, 0.1) is 27.5 Å². The molecule has 0 radical (unpaired) electrons. The summed E-state index contributed by atoms with van der Waals surface area (Å²) in [6.45, 7) is 0. The summed E-state index contributed by atoms with van der Waals surface area (Å²) in [7, 11) is 0. The summed E-state index contributed by atoms with van der Waals surface area (Å²) in [5.74, 6) is -0.258. The van der Waals surface area contributed by atoms with E-state index < -0.39 is 5.41 Å². The van der Waals surface area contributed by atoms with Crippen molar-refractivity contribution in [1.82, 2.24) is 9.13 Å². The van der Waals surface area contributed by atoms with Crippen molar-refractivity contribution in [3.8, 4) is 22.5 Å². The molecule has 2 heterocycles. The molecule has 0 bridgehead atoms. The van der Waals surface area contributed by atoms with Crippen LogP contribution in [0.5, 0.6) is 0 Å². The molecule has 1 aliphatic carbocycles. The van der Waals surface area contributed by atoms with E-state index in [1.165, 1.54) is 44.2 Å². The summed E-state index contributed by atoms with van der Waals surface area (Å²) in [5, 5.41) is 4.64. The molecule has 13 rings (SSSR count). The number of benzene rings is 10. The van der Waals surface area contributed by atoms with Gasteiger partial charge in [0.2, 0.25) is 0 Å². The average Bonchev–Trinajstić information content (AvgIpc) is 3.99. The van der Waals surface area contributed by atoms with Crippen LogP contribution in [-0.2, 0) is 5.41 Å². The van der Waals surface area contributed by atoms with Crippen LogP contribution in [0.1, 0.15) is 22.3 Å². The summed E-state index contributed by atoms with van der Waals surface area (Å²) in [6, 6.07) is 86.3. The monoisotopic (exact) mass is 833 g/mol. The quantitative estimate of drug-likeness (QED) is 0.156. The average molecular weight is 834 g/mol. The van der Waals surface area contributed by atoms with Crippen LogP contribution in [0.2, 0.25) is 0 Å². The van der Waals surface area contributed by atoms with E-state index in [0.717, 1.165) is 61.3 Å². The number of nitrogens with zero attached hydrogens (tertiary/aromatic N) is 3. The Labute approximate surface area is 376 Å². The third-order valence-electron chi connectivity index (χ3n) is 13.6. The van der Waals surface area contributed by atoms with E-state index in [1.807, 2.05) is 12.1 Å². The van der Waals surface area contributed by atoms with Crippen LogP contribution in [0.15, 0.2) is 243 Å². The fraction of sp³-hybridized carbons (Fsp3) is 0.0164. The van der Waals surface area contributed by atoms with Crippen LogP contribution in [0.3, 0.4) is 0 Å². The van der Waals surface area contributed by atoms with Gasteiger partial charge in [-0.3, -0.25) is 0 Å². The molecule has 0 unspecified atom stereocenters. The molecule has 306 valence electrons. The number of fused-ring (bicyclic) bond motifs is 9. The number of hydrogen-bond donors (Lipinski definition) is 0. The van der Waals surface area contributed by atoms with Crippen molar-refractivity contribution in [2.24, 2.45) is 0 Å². The lowest BCUT2D eigenvalue weighted by atomic mass is 9.67. The Morgan fingerprint density at radius 1 is 0.323 bits per heavy atom. The number of halogens is 1. The van der Waals surface area contributed by atoms with Crippen LogP contribution < -0.4 is 4.90 Å². The smallest absolute Gasteiger partial charge is 0.123 e. The van der Waals surface area contributed by atoms with E-state index in [4.69, 9.17) is 0 Å². The third kappa shape index (κ3) is 5.54. The highest BCUT2D eigenvalue weighted by Gasteiger charge is 2.46. The van der Waals surface area contributed by atoms with Gasteiger partial charge in [-0.1, -0.05) is 152 Å². The number of hydrogen-bond acceptors (Lipinski definition) is 1. The van der Waals surface area contributed by atoms with Gasteiger partial charge < -0.3 is 14.0 Å². The molecule has 0 saturated heterocycles. The molecule has 12 aromatic rings. The zero-order chi connectivity index (χ0) is 43.1. The minimum absolute atomic E-state index is 0.258. The van der Waals surface area contributed by atoms with Crippen molar-refractivity contribution in [3.05, 3.63) is 271 Å². The zero-order valence-electron chi connectivity index (χ0n) is 35.3. The first-order valence-electron chi connectivity index (χ1n) is 22.2. The lowest BCUT2D eigenvalue weighted by Gasteiger charge is -2.35. The minimum atomic E-state index is -0.567. The molecule has 1 aliphatic rings. The predicted octanol–water partition coefficient (Wildman–Crippen LogP) is 15.9. The maximum absolute atomic E-state index is 14.4. The second-order valence-electron chi connectivity index (χ2n) is 17.0. The maximum Gasteiger partial charge on any atom is 0.123 e. The van der Waals surface area contributed by atoms with Gasteiger partial charge in [0.25, 0.3) is 0 Å². The van der Waals surface area contributed by atoms with Gasteiger partial charge in [0.15, 0.2) is 0 Å². The van der Waals surface area contributed by atoms with Gasteiger partial charge in [-0.2, -0.15) is 0 Å². The van der Waals surface area contributed by atoms with Crippen molar-refractivity contribution in [1.29, 1.82) is 0 Å². The fourth-order valence-electron chi connectivity index (χ4n) is 10.9. The van der Waals surface area contributed by atoms with Gasteiger partial charge in [0.1, 0.15) is 5.82 Å². The van der Waals surface area contributed by atoms with Gasteiger partial charge in [0, 0.05) is 50.0 Å². The molecule has 0 aliphatic heterocycles. The standard InChI is InChI=1S/C61H40FN3/c62-43-28-30-45(31-29-43)65-57-26-14-11-23-51(57)53-36-33-48(40-60(53)65)63(46-34-37-59-54(38-46)52-24-12-15-27-58(52)64(59)44-20-8-3-9-21-44)47-32-35-50-49-22-10-13-25-55(49)61(56(50)39-47,41-16-4-1-5-17-41)42-18-6-2-7-19-42/h1-40H. The molecule has 0 fully saturated rings. The molecular weight excluding hydrogens is 794 g/mol. The molecule has 3 nitrogen and oxygen atoms in total. The molecule has 65 heavy (non-hydrogen) atoms. The van der Waals surface area contributed by atoms with Gasteiger partial charge in [-0.25, -0.2) is 4.39 Å². The first-order valence-corrected chi connectivity index (χ1v) is 22.2. The van der Waals surface area contributed by atoms with E-state index in [9.17, 15) is 4.39 Å². The molecule has 0 N–H and O–H groups in total. The molecule has 0 saturated carbocycles. The maximum atomic E-state index is 14.4. The number of rotatable bonds is 7. The topological polar surface area (TPSA) is 13.1 Å². The Hall–Kier alpha value is -8.47. The van der Waals surface area contributed by atoms with Crippen molar-refractivity contribution >= 4 is 60.7 Å². The largest absolute Gasteiger partial charge is 0.310 e. The van der Waals surface area contributed by atoms with Crippen molar-refractivity contribution < 1.29 is 4.39 Å².